The zero-order valence-corrected chi connectivity index (χ0v) is 14.1. The van der Waals surface area contributed by atoms with Crippen LogP contribution in [-0.2, 0) is 18.4 Å². The number of likely N-dealkylation sites (N-methyl/N-ethyl adjacent to an activating group) is 1. The standard InChI is InChI=1S/C15H22N6O3/c1-19(15(23)12-9-20(2)18-14(12)24-3)10-13(22)17-5-4-7-21-8-6-16-11-21/h6,8-9,11H,4-5,7,10H2,1-3H3,(H,17,22). The molecule has 2 heterocycles. The van der Waals surface area contributed by atoms with Gasteiger partial charge >= 0.3 is 0 Å². The van der Waals surface area contributed by atoms with Crippen molar-refractivity contribution in [2.24, 2.45) is 7.05 Å². The number of imidazole rings is 1. The number of nitrogens with one attached hydrogen (secondary N) is 1. The van der Waals surface area contributed by atoms with Crippen LogP contribution in [0.2, 0.25) is 0 Å². The fourth-order valence-corrected chi connectivity index (χ4v) is 2.22. The summed E-state index contributed by atoms with van der Waals surface area (Å²) in [6.07, 6.45) is 7.67. The maximum Gasteiger partial charge on any atom is 0.261 e. The zero-order valence-electron chi connectivity index (χ0n) is 14.1. The molecule has 0 bridgehead atoms. The summed E-state index contributed by atoms with van der Waals surface area (Å²) < 4.78 is 8.51. The first-order valence-electron chi connectivity index (χ1n) is 7.56. The Labute approximate surface area is 140 Å². The van der Waals surface area contributed by atoms with Crippen LogP contribution in [-0.4, -0.2) is 63.3 Å². The average Bonchev–Trinajstić information content (AvgIpc) is 3.19. The van der Waals surface area contributed by atoms with Crippen molar-refractivity contribution in [1.29, 1.82) is 0 Å². The van der Waals surface area contributed by atoms with Gasteiger partial charge in [0.1, 0.15) is 5.56 Å². The van der Waals surface area contributed by atoms with Gasteiger partial charge in [0.2, 0.25) is 11.8 Å². The molecule has 0 radical (unpaired) electrons. The molecule has 2 aromatic heterocycles. The molecule has 2 rings (SSSR count). The molecule has 1 N–H and O–H groups in total. The van der Waals surface area contributed by atoms with Crippen LogP contribution in [0, 0.1) is 0 Å². The maximum absolute atomic E-state index is 12.4. The molecule has 9 nitrogen and oxygen atoms in total. The van der Waals surface area contributed by atoms with Gasteiger partial charge in [0.25, 0.3) is 5.91 Å². The lowest BCUT2D eigenvalue weighted by Crippen LogP contribution is -2.38. The van der Waals surface area contributed by atoms with Crippen LogP contribution in [0.25, 0.3) is 0 Å². The van der Waals surface area contributed by atoms with Gasteiger partial charge in [-0.2, -0.15) is 0 Å². The summed E-state index contributed by atoms with van der Waals surface area (Å²) in [6.45, 7) is 1.29. The number of hydrogen-bond acceptors (Lipinski definition) is 5. The van der Waals surface area contributed by atoms with Crippen LogP contribution in [0.5, 0.6) is 5.88 Å². The van der Waals surface area contributed by atoms with Crippen molar-refractivity contribution in [2.75, 3.05) is 27.2 Å². The Balaban J connectivity index is 1.77. The number of ether oxygens (including phenoxy) is 1. The number of rotatable bonds is 8. The zero-order chi connectivity index (χ0) is 17.5. The van der Waals surface area contributed by atoms with Crippen LogP contribution in [0.15, 0.2) is 24.9 Å². The van der Waals surface area contributed by atoms with E-state index in [0.717, 1.165) is 13.0 Å². The third-order valence-corrected chi connectivity index (χ3v) is 3.42. The predicted octanol–water partition coefficient (Wildman–Crippen LogP) is -0.0963. The molecule has 9 heteroatoms. The van der Waals surface area contributed by atoms with Crippen LogP contribution in [0.3, 0.4) is 0 Å². The SMILES string of the molecule is COc1nn(C)cc1C(=O)N(C)CC(=O)NCCCn1ccnc1. The normalized spacial score (nSPS) is 10.5. The third kappa shape index (κ3) is 4.58. The predicted molar refractivity (Wildman–Crippen MR) is 86.6 cm³/mol. The molecule has 0 atom stereocenters. The summed E-state index contributed by atoms with van der Waals surface area (Å²) in [5.41, 5.74) is 0.329. The number of carbonyl (C=O) groups excluding carboxylic acids is 2. The molecule has 0 aromatic carbocycles. The summed E-state index contributed by atoms with van der Waals surface area (Å²) >= 11 is 0. The molecule has 0 aliphatic rings. The Morgan fingerprint density at radius 3 is 2.88 bits per heavy atom. The van der Waals surface area contributed by atoms with E-state index in [-0.39, 0.29) is 24.2 Å². The van der Waals surface area contributed by atoms with E-state index in [1.165, 1.54) is 16.7 Å². The largest absolute Gasteiger partial charge is 0.479 e. The van der Waals surface area contributed by atoms with E-state index in [1.807, 2.05) is 10.8 Å². The second-order valence-corrected chi connectivity index (χ2v) is 5.39. The highest BCUT2D eigenvalue weighted by molar-refractivity contribution is 5.98. The van der Waals surface area contributed by atoms with E-state index in [1.54, 1.807) is 32.8 Å². The van der Waals surface area contributed by atoms with E-state index in [4.69, 9.17) is 4.74 Å². The molecule has 24 heavy (non-hydrogen) atoms. The van der Waals surface area contributed by atoms with E-state index >= 15 is 0 Å². The molecular weight excluding hydrogens is 312 g/mol. The number of nitrogens with zero attached hydrogens (tertiary/aromatic N) is 5. The first-order valence-corrected chi connectivity index (χ1v) is 7.56. The molecule has 130 valence electrons. The van der Waals surface area contributed by atoms with E-state index in [2.05, 4.69) is 15.4 Å². The van der Waals surface area contributed by atoms with Crippen molar-refractivity contribution in [1.82, 2.24) is 29.5 Å². The molecule has 0 aliphatic heterocycles. The van der Waals surface area contributed by atoms with Crippen LogP contribution in [0.4, 0.5) is 0 Å². The van der Waals surface area contributed by atoms with Gasteiger partial charge in [-0.15, -0.1) is 5.10 Å². The molecule has 0 unspecified atom stereocenters. The van der Waals surface area contributed by atoms with Crippen LogP contribution < -0.4 is 10.1 Å². The lowest BCUT2D eigenvalue weighted by molar-refractivity contribution is -0.121. The van der Waals surface area contributed by atoms with Gasteiger partial charge in [0.15, 0.2) is 0 Å². The lowest BCUT2D eigenvalue weighted by atomic mass is 10.3. The van der Waals surface area contributed by atoms with Gasteiger partial charge in [0.05, 0.1) is 20.0 Å². The molecular formula is C15H22N6O3. The number of carbonyl (C=O) groups is 2. The topological polar surface area (TPSA) is 94.3 Å². The minimum atomic E-state index is -0.312. The fourth-order valence-electron chi connectivity index (χ4n) is 2.22. The number of methoxy groups -OCH3 is 1. The number of aromatic nitrogens is 4. The Hall–Kier alpha value is -2.84. The van der Waals surface area contributed by atoms with Crippen molar-refractivity contribution in [3.63, 3.8) is 0 Å². The minimum Gasteiger partial charge on any atom is -0.479 e. The number of hydrogen-bond donors (Lipinski definition) is 1. The van der Waals surface area contributed by atoms with Gasteiger partial charge in [-0.25, -0.2) is 4.98 Å². The Bertz CT molecular complexity index is 679. The summed E-state index contributed by atoms with van der Waals surface area (Å²) in [4.78, 5) is 29.6. The molecule has 0 fully saturated rings. The smallest absolute Gasteiger partial charge is 0.261 e. The highest BCUT2D eigenvalue weighted by Gasteiger charge is 2.21. The summed E-state index contributed by atoms with van der Waals surface area (Å²) in [5, 5.41) is 6.83. The average molecular weight is 334 g/mol. The monoisotopic (exact) mass is 334 g/mol. The van der Waals surface area contributed by atoms with Gasteiger partial charge in [-0.3, -0.25) is 14.3 Å². The summed E-state index contributed by atoms with van der Waals surface area (Å²) in [7, 11) is 4.72. The second kappa shape index (κ2) is 8.14. The first-order chi connectivity index (χ1) is 11.5. The van der Waals surface area contributed by atoms with Crippen molar-refractivity contribution < 1.29 is 14.3 Å². The molecule has 0 saturated heterocycles. The molecule has 0 saturated carbocycles. The Kier molecular flexibility index (Phi) is 5.94. The highest BCUT2D eigenvalue weighted by Crippen LogP contribution is 2.16. The molecule has 2 amide bonds. The third-order valence-electron chi connectivity index (χ3n) is 3.42. The molecule has 0 spiro atoms. The summed E-state index contributed by atoms with van der Waals surface area (Å²) in [6, 6.07) is 0. The Morgan fingerprint density at radius 2 is 2.21 bits per heavy atom. The number of aryl methyl sites for hydroxylation is 2. The van der Waals surface area contributed by atoms with E-state index < -0.39 is 0 Å². The van der Waals surface area contributed by atoms with Crippen molar-refractivity contribution in [3.8, 4) is 5.88 Å². The van der Waals surface area contributed by atoms with Gasteiger partial charge < -0.3 is 19.5 Å². The van der Waals surface area contributed by atoms with Gasteiger partial charge in [-0.1, -0.05) is 0 Å². The van der Waals surface area contributed by atoms with Crippen LogP contribution in [0.1, 0.15) is 16.8 Å². The molecule has 2 aromatic rings. The highest BCUT2D eigenvalue weighted by atomic mass is 16.5. The fraction of sp³-hybridized carbons (Fsp3) is 0.467. The molecule has 0 aliphatic carbocycles. The van der Waals surface area contributed by atoms with E-state index in [0.29, 0.717) is 12.1 Å². The second-order valence-electron chi connectivity index (χ2n) is 5.39. The Morgan fingerprint density at radius 1 is 1.42 bits per heavy atom. The minimum absolute atomic E-state index is 0.0258. The summed E-state index contributed by atoms with van der Waals surface area (Å²) in [5.74, 6) is -0.275. The van der Waals surface area contributed by atoms with Crippen LogP contribution >= 0.6 is 0 Å². The van der Waals surface area contributed by atoms with Gasteiger partial charge in [0, 0.05) is 45.8 Å². The number of amides is 2. The first kappa shape index (κ1) is 17.5. The van der Waals surface area contributed by atoms with Gasteiger partial charge in [-0.05, 0) is 6.42 Å². The maximum atomic E-state index is 12.4. The van der Waals surface area contributed by atoms with Crippen molar-refractivity contribution in [2.45, 2.75) is 13.0 Å². The van der Waals surface area contributed by atoms with Crippen molar-refractivity contribution >= 4 is 11.8 Å². The lowest BCUT2D eigenvalue weighted by Gasteiger charge is -2.16. The van der Waals surface area contributed by atoms with Crippen molar-refractivity contribution in [3.05, 3.63) is 30.5 Å². The van der Waals surface area contributed by atoms with E-state index in [9.17, 15) is 9.59 Å². The quantitative estimate of drug-likeness (QED) is 0.681.